The van der Waals surface area contributed by atoms with Crippen molar-refractivity contribution in [3.05, 3.63) is 35.5 Å². The zero-order valence-corrected chi connectivity index (χ0v) is 16.0. The number of rotatable bonds is 1. The van der Waals surface area contributed by atoms with E-state index in [1.54, 1.807) is 16.5 Å². The van der Waals surface area contributed by atoms with Gasteiger partial charge in [0, 0.05) is 37.5 Å². The number of benzene rings is 1. The van der Waals surface area contributed by atoms with Gasteiger partial charge in [0.05, 0.1) is 24.3 Å². The Morgan fingerprint density at radius 2 is 2.00 bits per heavy atom. The van der Waals surface area contributed by atoms with E-state index in [-0.39, 0.29) is 18.1 Å². The van der Waals surface area contributed by atoms with E-state index in [2.05, 4.69) is 0 Å². The third-order valence-electron chi connectivity index (χ3n) is 5.88. The van der Waals surface area contributed by atoms with Crippen molar-refractivity contribution in [1.82, 2.24) is 9.47 Å². The second kappa shape index (κ2) is 6.49. The second-order valence-corrected chi connectivity index (χ2v) is 7.80. The van der Waals surface area contributed by atoms with E-state index in [0.29, 0.717) is 42.7 Å². The Bertz CT molecular complexity index is 923. The molecule has 1 aromatic heterocycles. The Morgan fingerprint density at radius 3 is 2.64 bits per heavy atom. The number of fused-ring (bicyclic) bond motifs is 1. The first-order valence-electron chi connectivity index (χ1n) is 9.36. The zero-order valence-electron chi connectivity index (χ0n) is 16.0. The molecule has 0 saturated carbocycles. The molecule has 1 amide bonds. The van der Waals surface area contributed by atoms with Gasteiger partial charge in [0.15, 0.2) is 0 Å². The third kappa shape index (κ3) is 3.08. The molecule has 3 atom stereocenters. The summed E-state index contributed by atoms with van der Waals surface area (Å²) in [4.78, 5) is 15.0. The summed E-state index contributed by atoms with van der Waals surface area (Å²) in [6.07, 6.45) is -3.97. The van der Waals surface area contributed by atoms with Crippen LogP contribution in [0.2, 0.25) is 0 Å². The van der Waals surface area contributed by atoms with Gasteiger partial charge in [-0.25, -0.2) is 0 Å². The van der Waals surface area contributed by atoms with Gasteiger partial charge in [-0.1, -0.05) is 0 Å². The van der Waals surface area contributed by atoms with Gasteiger partial charge in [-0.05, 0) is 38.1 Å². The molecule has 2 fully saturated rings. The van der Waals surface area contributed by atoms with Gasteiger partial charge in [0.2, 0.25) is 0 Å². The normalized spacial score (nSPS) is 28.4. The van der Waals surface area contributed by atoms with Gasteiger partial charge in [-0.2, -0.15) is 13.2 Å². The summed E-state index contributed by atoms with van der Waals surface area (Å²) in [7, 11) is 1.70. The lowest BCUT2D eigenvalue weighted by atomic mass is 9.93. The molecule has 0 unspecified atom stereocenters. The summed E-state index contributed by atoms with van der Waals surface area (Å²) in [6.45, 7) is 5.30. The molecular formula is C20H23F3N2O3. The number of ether oxygens (including phenoxy) is 2. The van der Waals surface area contributed by atoms with Crippen LogP contribution in [0.5, 0.6) is 0 Å². The first kappa shape index (κ1) is 19.3. The molecule has 0 N–H and O–H groups in total. The molecule has 0 bridgehead atoms. The number of carbonyl (C=O) groups is 1. The summed E-state index contributed by atoms with van der Waals surface area (Å²) in [5.74, 6) is -0.208. The van der Waals surface area contributed by atoms with Gasteiger partial charge in [-0.3, -0.25) is 4.79 Å². The Hall–Kier alpha value is -2.06. The highest BCUT2D eigenvalue weighted by molar-refractivity contribution is 5.99. The number of nitrogens with zero attached hydrogens (tertiary/aromatic N) is 2. The lowest BCUT2D eigenvalue weighted by Gasteiger charge is -2.45. The van der Waals surface area contributed by atoms with Crippen LogP contribution in [0.25, 0.3) is 10.9 Å². The van der Waals surface area contributed by atoms with E-state index in [9.17, 15) is 18.0 Å². The van der Waals surface area contributed by atoms with Crippen LogP contribution in [0.15, 0.2) is 24.3 Å². The fourth-order valence-corrected chi connectivity index (χ4v) is 4.35. The summed E-state index contributed by atoms with van der Waals surface area (Å²) < 4.78 is 52.5. The van der Waals surface area contributed by atoms with E-state index in [0.717, 1.165) is 12.1 Å². The van der Waals surface area contributed by atoms with Crippen LogP contribution in [0, 0.1) is 0 Å². The molecule has 2 aromatic rings. The van der Waals surface area contributed by atoms with Crippen LogP contribution in [-0.2, 0) is 22.7 Å². The Labute approximate surface area is 161 Å². The molecule has 8 heteroatoms. The van der Waals surface area contributed by atoms with Gasteiger partial charge < -0.3 is 18.9 Å². The minimum absolute atomic E-state index is 0.118. The molecule has 0 radical (unpaired) electrons. The van der Waals surface area contributed by atoms with Crippen molar-refractivity contribution in [2.45, 2.75) is 44.3 Å². The molecule has 2 aliphatic heterocycles. The number of morpholine rings is 1. The SMILES string of the molecule is C[C@@H]1CN(C(=O)c2cc3cc(C(F)(F)F)ccc3n2C)C[C@@]2(CCO[C@@H]2C)O1. The average molecular weight is 396 g/mol. The van der Waals surface area contributed by atoms with E-state index in [1.807, 2.05) is 13.8 Å². The summed E-state index contributed by atoms with van der Waals surface area (Å²) in [5.41, 5.74) is -0.294. The van der Waals surface area contributed by atoms with E-state index in [4.69, 9.17) is 9.47 Å². The maximum Gasteiger partial charge on any atom is 0.416 e. The molecule has 0 aliphatic carbocycles. The minimum Gasteiger partial charge on any atom is -0.375 e. The quantitative estimate of drug-likeness (QED) is 0.740. The van der Waals surface area contributed by atoms with Crippen molar-refractivity contribution in [1.29, 1.82) is 0 Å². The zero-order chi connectivity index (χ0) is 20.3. The first-order valence-corrected chi connectivity index (χ1v) is 9.36. The molecule has 1 spiro atoms. The van der Waals surface area contributed by atoms with Crippen LogP contribution >= 0.6 is 0 Å². The van der Waals surface area contributed by atoms with Crippen LogP contribution in [-0.4, -0.2) is 52.9 Å². The van der Waals surface area contributed by atoms with Crippen molar-refractivity contribution < 1.29 is 27.4 Å². The second-order valence-electron chi connectivity index (χ2n) is 7.80. The molecule has 1 aromatic carbocycles. The highest BCUT2D eigenvalue weighted by Gasteiger charge is 2.49. The Morgan fingerprint density at radius 1 is 1.25 bits per heavy atom. The predicted octanol–water partition coefficient (Wildman–Crippen LogP) is 3.61. The highest BCUT2D eigenvalue weighted by Crippen LogP contribution is 2.36. The lowest BCUT2D eigenvalue weighted by molar-refractivity contribution is -0.160. The number of halogens is 3. The highest BCUT2D eigenvalue weighted by atomic mass is 19.4. The number of amides is 1. The van der Waals surface area contributed by atoms with Crippen molar-refractivity contribution in [2.75, 3.05) is 19.7 Å². The predicted molar refractivity (Wildman–Crippen MR) is 97.1 cm³/mol. The number of aryl methyl sites for hydroxylation is 1. The van der Waals surface area contributed by atoms with Crippen molar-refractivity contribution in [3.63, 3.8) is 0 Å². The Balaban J connectivity index is 1.67. The standard InChI is InChI=1S/C20H23F3N2O3/c1-12-10-25(11-19(28-12)6-7-27-13(19)2)18(26)17-9-14-8-15(20(21,22)23)4-5-16(14)24(17)3/h4-5,8-9,12-13H,6-7,10-11H2,1-3H3/t12-,13-,19-/m1/s1. The lowest BCUT2D eigenvalue weighted by Crippen LogP contribution is -2.59. The molecular weight excluding hydrogens is 373 g/mol. The molecule has 2 aliphatic rings. The fourth-order valence-electron chi connectivity index (χ4n) is 4.35. The number of aromatic nitrogens is 1. The largest absolute Gasteiger partial charge is 0.416 e. The third-order valence-corrected chi connectivity index (χ3v) is 5.88. The summed E-state index contributed by atoms with van der Waals surface area (Å²) in [6, 6.07) is 5.07. The van der Waals surface area contributed by atoms with Crippen LogP contribution in [0.1, 0.15) is 36.3 Å². The smallest absolute Gasteiger partial charge is 0.375 e. The molecule has 28 heavy (non-hydrogen) atoms. The molecule has 4 rings (SSSR count). The minimum atomic E-state index is -4.42. The average Bonchev–Trinajstić information content (AvgIpc) is 3.13. The summed E-state index contributed by atoms with van der Waals surface area (Å²) >= 11 is 0. The van der Waals surface area contributed by atoms with Gasteiger partial charge in [-0.15, -0.1) is 0 Å². The fraction of sp³-hybridized carbons (Fsp3) is 0.550. The van der Waals surface area contributed by atoms with Crippen LogP contribution in [0.3, 0.4) is 0 Å². The summed E-state index contributed by atoms with van der Waals surface area (Å²) in [5, 5.41) is 0.397. The number of carbonyl (C=O) groups excluding carboxylic acids is 1. The number of hydrogen-bond donors (Lipinski definition) is 0. The van der Waals surface area contributed by atoms with Gasteiger partial charge >= 0.3 is 6.18 Å². The van der Waals surface area contributed by atoms with Crippen LogP contribution in [0.4, 0.5) is 13.2 Å². The maximum absolute atomic E-state index is 13.3. The monoisotopic (exact) mass is 396 g/mol. The first-order chi connectivity index (χ1) is 13.1. The number of hydrogen-bond acceptors (Lipinski definition) is 3. The van der Waals surface area contributed by atoms with Crippen molar-refractivity contribution >= 4 is 16.8 Å². The Kier molecular flexibility index (Phi) is 4.46. The molecule has 2 saturated heterocycles. The van der Waals surface area contributed by atoms with E-state index in [1.165, 1.54) is 12.1 Å². The topological polar surface area (TPSA) is 43.7 Å². The van der Waals surface area contributed by atoms with Gasteiger partial charge in [0.1, 0.15) is 11.3 Å². The van der Waals surface area contributed by atoms with Crippen LogP contribution < -0.4 is 0 Å². The van der Waals surface area contributed by atoms with Gasteiger partial charge in [0.25, 0.3) is 5.91 Å². The molecule has 5 nitrogen and oxygen atoms in total. The maximum atomic E-state index is 13.3. The van der Waals surface area contributed by atoms with Crippen molar-refractivity contribution in [3.8, 4) is 0 Å². The molecule has 3 heterocycles. The van der Waals surface area contributed by atoms with E-state index < -0.39 is 17.3 Å². The number of alkyl halides is 3. The van der Waals surface area contributed by atoms with E-state index >= 15 is 0 Å². The van der Waals surface area contributed by atoms with Crippen molar-refractivity contribution in [2.24, 2.45) is 7.05 Å². The molecule has 152 valence electrons.